The number of rotatable bonds is 3. The van der Waals surface area contributed by atoms with Crippen LogP contribution in [0.5, 0.6) is 0 Å². The first kappa shape index (κ1) is 18.9. The van der Waals surface area contributed by atoms with Crippen LogP contribution in [0.25, 0.3) is 5.69 Å². The number of hydrogen-bond acceptors (Lipinski definition) is 4. The van der Waals surface area contributed by atoms with Crippen molar-refractivity contribution < 1.29 is 9.18 Å². The molecule has 0 spiro atoms. The zero-order valence-electron chi connectivity index (χ0n) is 16.1. The number of carbonyl (C=O) groups is 1. The maximum absolute atomic E-state index is 13.4. The minimum atomic E-state index is -0.419. The summed E-state index contributed by atoms with van der Waals surface area (Å²) in [6.45, 7) is 4.16. The Morgan fingerprint density at radius 1 is 0.966 bits per heavy atom. The number of hydrogen-bond donors (Lipinski definition) is 0. The monoisotopic (exact) mass is 392 g/mol. The number of nitrogens with zero attached hydrogens (tertiary/aromatic N) is 4. The van der Waals surface area contributed by atoms with Gasteiger partial charge < -0.3 is 9.80 Å². The number of benzene rings is 2. The smallest absolute Gasteiger partial charge is 0.271 e. The van der Waals surface area contributed by atoms with Crippen molar-refractivity contribution in [1.29, 1.82) is 0 Å². The molecular formula is C22H21FN4O2. The topological polar surface area (TPSA) is 58.4 Å². The lowest BCUT2D eigenvalue weighted by Gasteiger charge is -2.35. The van der Waals surface area contributed by atoms with E-state index in [-0.39, 0.29) is 11.5 Å². The minimum absolute atomic E-state index is 0.179. The summed E-state index contributed by atoms with van der Waals surface area (Å²) >= 11 is 0. The largest absolute Gasteiger partial charge is 0.352 e. The molecule has 0 aliphatic carbocycles. The van der Waals surface area contributed by atoms with E-state index in [1.54, 1.807) is 17.0 Å². The van der Waals surface area contributed by atoms with Crippen LogP contribution in [-0.2, 0) is 0 Å². The van der Waals surface area contributed by atoms with E-state index in [1.807, 2.05) is 36.1 Å². The number of halogens is 1. The molecule has 1 fully saturated rings. The van der Waals surface area contributed by atoms with E-state index in [0.29, 0.717) is 43.2 Å². The molecule has 7 heteroatoms. The Kier molecular flexibility index (Phi) is 5.12. The minimum Gasteiger partial charge on any atom is -0.352 e. The van der Waals surface area contributed by atoms with Crippen molar-refractivity contribution in [1.82, 2.24) is 14.7 Å². The number of carbonyl (C=O) groups excluding carboxylic acids is 1. The summed E-state index contributed by atoms with van der Waals surface area (Å²) in [7, 11) is 0. The van der Waals surface area contributed by atoms with Crippen LogP contribution in [0.15, 0.2) is 65.5 Å². The molecule has 2 heterocycles. The second kappa shape index (κ2) is 7.87. The molecule has 148 valence electrons. The second-order valence-corrected chi connectivity index (χ2v) is 7.07. The van der Waals surface area contributed by atoms with Gasteiger partial charge in [0.05, 0.1) is 5.69 Å². The van der Waals surface area contributed by atoms with Gasteiger partial charge in [0.2, 0.25) is 0 Å². The van der Waals surface area contributed by atoms with Crippen LogP contribution in [0.3, 0.4) is 0 Å². The number of piperazine rings is 1. The second-order valence-electron chi connectivity index (χ2n) is 7.07. The summed E-state index contributed by atoms with van der Waals surface area (Å²) in [5.41, 5.74) is 1.97. The first-order chi connectivity index (χ1) is 14.0. The Morgan fingerprint density at radius 3 is 2.38 bits per heavy atom. The summed E-state index contributed by atoms with van der Waals surface area (Å²) in [6.07, 6.45) is 0. The zero-order chi connectivity index (χ0) is 20.4. The summed E-state index contributed by atoms with van der Waals surface area (Å²) in [6, 6.07) is 16.6. The SMILES string of the molecule is Cc1ccc(-n2nc(N3CCN(C(=O)c4cccc(F)c4)CC3)ccc2=O)cc1. The average molecular weight is 392 g/mol. The molecule has 2 aromatic carbocycles. The third-order valence-corrected chi connectivity index (χ3v) is 5.03. The van der Waals surface area contributed by atoms with E-state index in [0.717, 1.165) is 5.56 Å². The van der Waals surface area contributed by atoms with Crippen LogP contribution < -0.4 is 10.5 Å². The maximum atomic E-state index is 13.4. The summed E-state index contributed by atoms with van der Waals surface area (Å²) < 4.78 is 14.8. The molecule has 0 saturated carbocycles. The van der Waals surface area contributed by atoms with Gasteiger partial charge in [-0.25, -0.2) is 4.39 Å². The van der Waals surface area contributed by atoms with E-state index < -0.39 is 5.82 Å². The number of amides is 1. The van der Waals surface area contributed by atoms with Gasteiger partial charge in [0.15, 0.2) is 0 Å². The fourth-order valence-corrected chi connectivity index (χ4v) is 3.38. The molecule has 1 aliphatic heterocycles. The molecule has 0 unspecified atom stereocenters. The van der Waals surface area contributed by atoms with Crippen molar-refractivity contribution in [3.8, 4) is 5.69 Å². The highest BCUT2D eigenvalue weighted by Gasteiger charge is 2.23. The highest BCUT2D eigenvalue weighted by atomic mass is 19.1. The van der Waals surface area contributed by atoms with Gasteiger partial charge in [-0.1, -0.05) is 23.8 Å². The van der Waals surface area contributed by atoms with E-state index in [9.17, 15) is 14.0 Å². The van der Waals surface area contributed by atoms with E-state index >= 15 is 0 Å². The fourth-order valence-electron chi connectivity index (χ4n) is 3.38. The van der Waals surface area contributed by atoms with Gasteiger partial charge in [0, 0.05) is 37.8 Å². The number of aryl methyl sites for hydroxylation is 1. The van der Waals surface area contributed by atoms with E-state index in [4.69, 9.17) is 0 Å². The number of anilines is 1. The molecule has 0 radical (unpaired) electrons. The van der Waals surface area contributed by atoms with Crippen molar-refractivity contribution in [3.05, 3.63) is 88.0 Å². The van der Waals surface area contributed by atoms with Gasteiger partial charge in [0.25, 0.3) is 11.5 Å². The quantitative estimate of drug-likeness (QED) is 0.688. The lowest BCUT2D eigenvalue weighted by Crippen LogP contribution is -2.49. The lowest BCUT2D eigenvalue weighted by molar-refractivity contribution is 0.0746. The lowest BCUT2D eigenvalue weighted by atomic mass is 10.1. The molecule has 1 amide bonds. The molecule has 0 N–H and O–H groups in total. The van der Waals surface area contributed by atoms with Gasteiger partial charge in [-0.15, -0.1) is 5.10 Å². The number of aromatic nitrogens is 2. The van der Waals surface area contributed by atoms with Crippen molar-refractivity contribution in [2.75, 3.05) is 31.1 Å². The van der Waals surface area contributed by atoms with Gasteiger partial charge in [-0.3, -0.25) is 9.59 Å². The van der Waals surface area contributed by atoms with Crippen LogP contribution in [-0.4, -0.2) is 46.8 Å². The van der Waals surface area contributed by atoms with Gasteiger partial charge in [0.1, 0.15) is 11.6 Å². The van der Waals surface area contributed by atoms with Crippen LogP contribution in [0.4, 0.5) is 10.2 Å². The van der Waals surface area contributed by atoms with E-state index in [1.165, 1.54) is 28.9 Å². The van der Waals surface area contributed by atoms with Gasteiger partial charge >= 0.3 is 0 Å². The van der Waals surface area contributed by atoms with Gasteiger partial charge in [-0.05, 0) is 43.3 Å². The Balaban J connectivity index is 1.49. The molecule has 1 saturated heterocycles. The Labute approximate surface area is 167 Å². The van der Waals surface area contributed by atoms with Crippen molar-refractivity contribution in [2.45, 2.75) is 6.92 Å². The molecule has 6 nitrogen and oxygen atoms in total. The maximum Gasteiger partial charge on any atom is 0.271 e. The predicted molar refractivity (Wildman–Crippen MR) is 109 cm³/mol. The fraction of sp³-hybridized carbons (Fsp3) is 0.227. The zero-order valence-corrected chi connectivity index (χ0v) is 16.1. The first-order valence-electron chi connectivity index (χ1n) is 9.48. The van der Waals surface area contributed by atoms with Crippen LogP contribution in [0, 0.1) is 12.7 Å². The van der Waals surface area contributed by atoms with Gasteiger partial charge in [-0.2, -0.15) is 4.68 Å². The normalized spacial score (nSPS) is 14.1. The predicted octanol–water partition coefficient (Wildman–Crippen LogP) is 2.64. The van der Waals surface area contributed by atoms with Crippen molar-refractivity contribution >= 4 is 11.7 Å². The average Bonchev–Trinajstić information content (AvgIpc) is 2.74. The first-order valence-corrected chi connectivity index (χ1v) is 9.48. The van der Waals surface area contributed by atoms with Crippen LogP contribution >= 0.6 is 0 Å². The third kappa shape index (κ3) is 4.03. The van der Waals surface area contributed by atoms with Crippen LogP contribution in [0.1, 0.15) is 15.9 Å². The third-order valence-electron chi connectivity index (χ3n) is 5.03. The van der Waals surface area contributed by atoms with Crippen molar-refractivity contribution in [2.24, 2.45) is 0 Å². The molecule has 3 aromatic rings. The highest BCUT2D eigenvalue weighted by molar-refractivity contribution is 5.94. The molecule has 29 heavy (non-hydrogen) atoms. The van der Waals surface area contributed by atoms with E-state index in [2.05, 4.69) is 5.10 Å². The van der Waals surface area contributed by atoms with Crippen molar-refractivity contribution in [3.63, 3.8) is 0 Å². The Bertz CT molecular complexity index is 1090. The molecule has 1 aromatic heterocycles. The van der Waals surface area contributed by atoms with Crippen LogP contribution in [0.2, 0.25) is 0 Å². The molecular weight excluding hydrogens is 371 g/mol. The molecule has 0 bridgehead atoms. The summed E-state index contributed by atoms with van der Waals surface area (Å²) in [5, 5.41) is 4.51. The standard InChI is InChI=1S/C22H21FN4O2/c1-16-5-7-19(8-6-16)27-21(28)10-9-20(24-27)25-11-13-26(14-12-25)22(29)17-3-2-4-18(23)15-17/h2-10,15H,11-14H2,1H3. The summed E-state index contributed by atoms with van der Waals surface area (Å²) in [4.78, 5) is 28.6. The Morgan fingerprint density at radius 2 is 1.69 bits per heavy atom. The molecule has 0 atom stereocenters. The Hall–Kier alpha value is -3.48. The highest BCUT2D eigenvalue weighted by Crippen LogP contribution is 2.16. The molecule has 1 aliphatic rings. The summed E-state index contributed by atoms with van der Waals surface area (Å²) in [5.74, 6) is 0.0850. The molecule has 4 rings (SSSR count).